The fourth-order valence-corrected chi connectivity index (χ4v) is 3.03. The molecule has 0 unspecified atom stereocenters. The van der Waals surface area contributed by atoms with Crippen molar-refractivity contribution in [2.24, 2.45) is 0 Å². The monoisotopic (exact) mass is 344 g/mol. The number of carbonyl (C=O) groups excluding carboxylic acids is 2. The minimum atomic E-state index is -0.429. The van der Waals surface area contributed by atoms with E-state index in [2.05, 4.69) is 10.3 Å². The van der Waals surface area contributed by atoms with Crippen LogP contribution in [-0.4, -0.2) is 53.7 Å². The molecular weight excluding hydrogens is 324 g/mol. The van der Waals surface area contributed by atoms with E-state index in [1.54, 1.807) is 12.1 Å². The number of amides is 2. The van der Waals surface area contributed by atoms with Crippen LogP contribution in [0.2, 0.25) is 0 Å². The second-order valence-electron chi connectivity index (χ2n) is 6.19. The first-order valence-corrected chi connectivity index (χ1v) is 8.38. The first-order chi connectivity index (χ1) is 12.1. The van der Waals surface area contributed by atoms with Crippen LogP contribution in [0, 0.1) is 11.3 Å². The summed E-state index contributed by atoms with van der Waals surface area (Å²) in [7, 11) is 0. The fraction of sp³-hybridized carbons (Fsp3) is 0.529. The van der Waals surface area contributed by atoms with Crippen molar-refractivity contribution < 1.29 is 19.1 Å². The van der Waals surface area contributed by atoms with Crippen LogP contribution in [0.4, 0.5) is 4.79 Å². The molecule has 0 aromatic carbocycles. The van der Waals surface area contributed by atoms with E-state index < -0.39 is 6.09 Å². The zero-order chi connectivity index (χ0) is 17.6. The molecule has 0 spiro atoms. The maximum atomic E-state index is 12.0. The summed E-state index contributed by atoms with van der Waals surface area (Å²) in [6.45, 7) is 0.854. The Morgan fingerprint density at radius 1 is 1.40 bits per heavy atom. The third-order valence-electron chi connectivity index (χ3n) is 4.37. The fourth-order valence-electron chi connectivity index (χ4n) is 3.03. The molecule has 1 saturated heterocycles. The number of nitrogens with zero attached hydrogens (tertiary/aromatic N) is 3. The molecular formula is C17H20N4O4. The SMILES string of the molecule is N#Cc1ccc(OC2CCC(NC(=O)CN3CCOC3=O)CC2)nc1. The van der Waals surface area contributed by atoms with Crippen molar-refractivity contribution in [2.75, 3.05) is 19.7 Å². The van der Waals surface area contributed by atoms with E-state index in [-0.39, 0.29) is 24.6 Å². The zero-order valence-electron chi connectivity index (χ0n) is 13.8. The molecule has 1 N–H and O–H groups in total. The molecule has 0 radical (unpaired) electrons. The van der Waals surface area contributed by atoms with Crippen molar-refractivity contribution >= 4 is 12.0 Å². The number of carbonyl (C=O) groups is 2. The standard InChI is InChI=1S/C17H20N4O4/c18-9-12-1-6-16(19-10-12)25-14-4-2-13(3-5-14)20-15(22)11-21-7-8-24-17(21)23/h1,6,10,13-14H,2-5,7-8,11H2,(H,20,22). The van der Waals surface area contributed by atoms with E-state index in [4.69, 9.17) is 14.7 Å². The summed E-state index contributed by atoms with van der Waals surface area (Å²) in [6, 6.07) is 5.49. The number of pyridine rings is 1. The highest BCUT2D eigenvalue weighted by atomic mass is 16.6. The van der Waals surface area contributed by atoms with E-state index in [0.717, 1.165) is 25.7 Å². The van der Waals surface area contributed by atoms with Gasteiger partial charge in [-0.1, -0.05) is 0 Å². The number of ether oxygens (including phenoxy) is 2. The Bertz CT molecular complexity index is 662. The van der Waals surface area contributed by atoms with Crippen molar-refractivity contribution in [1.29, 1.82) is 5.26 Å². The molecule has 1 aromatic heterocycles. The lowest BCUT2D eigenvalue weighted by molar-refractivity contribution is -0.122. The van der Waals surface area contributed by atoms with Crippen LogP contribution in [-0.2, 0) is 9.53 Å². The minimum absolute atomic E-state index is 0.0461. The molecule has 1 saturated carbocycles. The largest absolute Gasteiger partial charge is 0.474 e. The Labute approximate surface area is 145 Å². The molecule has 1 aromatic rings. The first-order valence-electron chi connectivity index (χ1n) is 8.38. The van der Waals surface area contributed by atoms with Crippen LogP contribution in [0.1, 0.15) is 31.2 Å². The lowest BCUT2D eigenvalue weighted by atomic mass is 9.93. The van der Waals surface area contributed by atoms with Crippen LogP contribution in [0.15, 0.2) is 18.3 Å². The van der Waals surface area contributed by atoms with Gasteiger partial charge in [0.1, 0.15) is 25.3 Å². The van der Waals surface area contributed by atoms with Gasteiger partial charge in [-0.3, -0.25) is 9.69 Å². The third-order valence-corrected chi connectivity index (χ3v) is 4.37. The lowest BCUT2D eigenvalue weighted by Crippen LogP contribution is -2.44. The maximum absolute atomic E-state index is 12.0. The number of cyclic esters (lactones) is 1. The number of rotatable bonds is 5. The van der Waals surface area contributed by atoms with Gasteiger partial charge < -0.3 is 14.8 Å². The van der Waals surface area contributed by atoms with Crippen LogP contribution in [0.25, 0.3) is 0 Å². The molecule has 8 heteroatoms. The Balaban J connectivity index is 1.40. The van der Waals surface area contributed by atoms with Gasteiger partial charge in [-0.15, -0.1) is 0 Å². The van der Waals surface area contributed by atoms with E-state index >= 15 is 0 Å². The lowest BCUT2D eigenvalue weighted by Gasteiger charge is -2.29. The summed E-state index contributed by atoms with van der Waals surface area (Å²) in [5.41, 5.74) is 0.501. The molecule has 2 fully saturated rings. The Hall–Kier alpha value is -2.82. The van der Waals surface area contributed by atoms with Gasteiger partial charge in [0.15, 0.2) is 0 Å². The number of aromatic nitrogens is 1. The van der Waals surface area contributed by atoms with Crippen molar-refractivity contribution in [3.8, 4) is 11.9 Å². The predicted molar refractivity (Wildman–Crippen MR) is 86.7 cm³/mol. The van der Waals surface area contributed by atoms with Gasteiger partial charge in [-0.2, -0.15) is 5.26 Å². The Morgan fingerprint density at radius 2 is 2.20 bits per heavy atom. The molecule has 132 valence electrons. The highest BCUT2D eigenvalue weighted by Crippen LogP contribution is 2.23. The summed E-state index contributed by atoms with van der Waals surface area (Å²) in [5.74, 6) is 0.357. The number of hydrogen-bond donors (Lipinski definition) is 1. The van der Waals surface area contributed by atoms with Crippen molar-refractivity contribution in [3.05, 3.63) is 23.9 Å². The topological polar surface area (TPSA) is 105 Å². The maximum Gasteiger partial charge on any atom is 0.410 e. The highest BCUT2D eigenvalue weighted by Gasteiger charge is 2.27. The summed E-state index contributed by atoms with van der Waals surface area (Å²) >= 11 is 0. The molecule has 0 bridgehead atoms. The number of nitrogens with one attached hydrogen (secondary N) is 1. The normalized spacial score (nSPS) is 22.8. The quantitative estimate of drug-likeness (QED) is 0.861. The Morgan fingerprint density at radius 3 is 2.80 bits per heavy atom. The van der Waals surface area contributed by atoms with Crippen LogP contribution < -0.4 is 10.1 Å². The summed E-state index contributed by atoms with van der Waals surface area (Å²) in [5, 5.41) is 11.7. The van der Waals surface area contributed by atoms with Crippen molar-refractivity contribution in [2.45, 2.75) is 37.8 Å². The van der Waals surface area contributed by atoms with Crippen molar-refractivity contribution in [3.63, 3.8) is 0 Å². The van der Waals surface area contributed by atoms with Crippen LogP contribution >= 0.6 is 0 Å². The van der Waals surface area contributed by atoms with Gasteiger partial charge in [-0.25, -0.2) is 9.78 Å². The molecule has 1 aliphatic heterocycles. The summed E-state index contributed by atoms with van der Waals surface area (Å²) in [6.07, 6.45) is 4.39. The van der Waals surface area contributed by atoms with Gasteiger partial charge in [-0.05, 0) is 31.7 Å². The van der Waals surface area contributed by atoms with E-state index in [1.165, 1.54) is 11.1 Å². The summed E-state index contributed by atoms with van der Waals surface area (Å²) < 4.78 is 10.6. The average Bonchev–Trinajstić information content (AvgIpc) is 3.02. The minimum Gasteiger partial charge on any atom is -0.474 e. The van der Waals surface area contributed by atoms with Gasteiger partial charge in [0, 0.05) is 18.3 Å². The van der Waals surface area contributed by atoms with Gasteiger partial charge in [0.05, 0.1) is 12.1 Å². The molecule has 1 aliphatic carbocycles. The van der Waals surface area contributed by atoms with Gasteiger partial charge in [0.2, 0.25) is 11.8 Å². The van der Waals surface area contributed by atoms with Crippen molar-refractivity contribution in [1.82, 2.24) is 15.2 Å². The summed E-state index contributed by atoms with van der Waals surface area (Å²) in [4.78, 5) is 28.9. The van der Waals surface area contributed by atoms with Gasteiger partial charge >= 0.3 is 6.09 Å². The smallest absolute Gasteiger partial charge is 0.410 e. The van der Waals surface area contributed by atoms with Crippen LogP contribution in [0.5, 0.6) is 5.88 Å². The molecule has 3 rings (SSSR count). The molecule has 2 aliphatic rings. The molecule has 25 heavy (non-hydrogen) atoms. The molecule has 2 heterocycles. The Kier molecular flexibility index (Phi) is 5.33. The van der Waals surface area contributed by atoms with E-state index in [0.29, 0.717) is 24.6 Å². The molecule has 8 nitrogen and oxygen atoms in total. The predicted octanol–water partition coefficient (Wildman–Crippen LogP) is 1.21. The van der Waals surface area contributed by atoms with Crippen LogP contribution in [0.3, 0.4) is 0 Å². The van der Waals surface area contributed by atoms with Gasteiger partial charge in [0.25, 0.3) is 0 Å². The second-order valence-corrected chi connectivity index (χ2v) is 6.19. The number of nitriles is 1. The molecule has 0 atom stereocenters. The number of hydrogen-bond acceptors (Lipinski definition) is 6. The average molecular weight is 344 g/mol. The highest BCUT2D eigenvalue weighted by molar-refractivity contribution is 5.82. The van der Waals surface area contributed by atoms with E-state index in [1.807, 2.05) is 6.07 Å². The third kappa shape index (κ3) is 4.59. The second kappa shape index (κ2) is 7.83. The first kappa shape index (κ1) is 17.0. The van der Waals surface area contributed by atoms with E-state index in [9.17, 15) is 9.59 Å². The zero-order valence-corrected chi connectivity index (χ0v) is 13.8. The molecule has 2 amide bonds.